The van der Waals surface area contributed by atoms with E-state index in [1.165, 1.54) is 12.1 Å². The fraction of sp³-hybridized carbons (Fsp3) is 0.250. The molecule has 0 fully saturated rings. The van der Waals surface area contributed by atoms with Crippen LogP contribution in [0.3, 0.4) is 0 Å². The highest BCUT2D eigenvalue weighted by atomic mass is 19.1. The third kappa shape index (κ3) is 2.90. The van der Waals surface area contributed by atoms with Gasteiger partial charge in [-0.05, 0) is 19.1 Å². The van der Waals surface area contributed by atoms with Crippen molar-refractivity contribution in [3.05, 3.63) is 24.0 Å². The summed E-state index contributed by atoms with van der Waals surface area (Å²) in [5.74, 6) is -0.312. The van der Waals surface area contributed by atoms with E-state index >= 15 is 0 Å². The van der Waals surface area contributed by atoms with Crippen molar-refractivity contribution in [3.63, 3.8) is 0 Å². The van der Waals surface area contributed by atoms with Crippen molar-refractivity contribution in [2.24, 2.45) is 0 Å². The highest BCUT2D eigenvalue weighted by Gasteiger charge is 2.15. The van der Waals surface area contributed by atoms with Crippen LogP contribution in [0.4, 0.5) is 4.39 Å². The van der Waals surface area contributed by atoms with Gasteiger partial charge >= 0.3 is 7.32 Å². The van der Waals surface area contributed by atoms with Crippen molar-refractivity contribution >= 4 is 7.32 Å². The first-order chi connectivity index (χ1) is 6.63. The minimum absolute atomic E-state index is 0.0400. The second-order valence-electron chi connectivity index (χ2n) is 2.47. The number of benzene rings is 1. The smallest absolute Gasteiger partial charge is 0.509 e. The van der Waals surface area contributed by atoms with E-state index in [2.05, 4.69) is 4.65 Å². The minimum Gasteiger partial charge on any atom is -0.509 e. The van der Waals surface area contributed by atoms with E-state index in [4.69, 9.17) is 14.8 Å². The second kappa shape index (κ2) is 4.83. The van der Waals surface area contributed by atoms with Gasteiger partial charge < -0.3 is 19.4 Å². The average molecular weight is 200 g/mol. The molecular weight excluding hydrogens is 190 g/mol. The molecule has 0 aliphatic heterocycles. The highest BCUT2D eigenvalue weighted by Crippen LogP contribution is 2.27. The van der Waals surface area contributed by atoms with Gasteiger partial charge in [-0.1, -0.05) is 0 Å². The Morgan fingerprint density at radius 3 is 2.64 bits per heavy atom. The van der Waals surface area contributed by atoms with E-state index in [-0.39, 0.29) is 11.5 Å². The molecule has 0 aliphatic rings. The standard InChI is InChI=1S/C8H10BFO4/c1-2-13-7-4-3-6(10)5-8(7)14-9(11)12/h3-5,11-12H,2H2,1H3. The maximum absolute atomic E-state index is 12.7. The predicted molar refractivity (Wildman–Crippen MR) is 48.4 cm³/mol. The summed E-state index contributed by atoms with van der Waals surface area (Å²) in [4.78, 5) is 0. The minimum atomic E-state index is -1.99. The molecular formula is C8H10BFO4. The molecule has 6 heteroatoms. The molecule has 14 heavy (non-hydrogen) atoms. The summed E-state index contributed by atoms with van der Waals surface area (Å²) in [7, 11) is -1.99. The lowest BCUT2D eigenvalue weighted by molar-refractivity contribution is 0.271. The Labute approximate surface area is 81.1 Å². The van der Waals surface area contributed by atoms with Gasteiger partial charge in [0.05, 0.1) is 6.61 Å². The lowest BCUT2D eigenvalue weighted by Gasteiger charge is -2.10. The molecule has 0 aliphatic carbocycles. The van der Waals surface area contributed by atoms with Crippen LogP contribution < -0.4 is 9.39 Å². The van der Waals surface area contributed by atoms with Gasteiger partial charge in [-0.2, -0.15) is 0 Å². The first-order valence-electron chi connectivity index (χ1n) is 4.08. The Balaban J connectivity index is 2.90. The van der Waals surface area contributed by atoms with Gasteiger partial charge in [0.25, 0.3) is 0 Å². The summed E-state index contributed by atoms with van der Waals surface area (Å²) < 4.78 is 22.3. The topological polar surface area (TPSA) is 58.9 Å². The van der Waals surface area contributed by atoms with Gasteiger partial charge in [0.2, 0.25) is 0 Å². The van der Waals surface area contributed by atoms with E-state index < -0.39 is 13.1 Å². The molecule has 0 heterocycles. The Morgan fingerprint density at radius 2 is 2.07 bits per heavy atom. The van der Waals surface area contributed by atoms with Crippen LogP contribution in [0.25, 0.3) is 0 Å². The summed E-state index contributed by atoms with van der Waals surface area (Å²) in [6.07, 6.45) is 0. The molecule has 0 spiro atoms. The molecule has 0 saturated heterocycles. The Morgan fingerprint density at radius 1 is 1.36 bits per heavy atom. The normalized spacial score (nSPS) is 9.71. The van der Waals surface area contributed by atoms with Gasteiger partial charge in [0.15, 0.2) is 5.75 Å². The molecule has 0 aromatic heterocycles. The quantitative estimate of drug-likeness (QED) is 0.697. The van der Waals surface area contributed by atoms with Crippen molar-refractivity contribution in [1.82, 2.24) is 0 Å². The zero-order valence-electron chi connectivity index (χ0n) is 7.61. The van der Waals surface area contributed by atoms with E-state index in [9.17, 15) is 4.39 Å². The maximum Gasteiger partial charge on any atom is 0.707 e. The summed E-state index contributed by atoms with van der Waals surface area (Å²) in [6.45, 7) is 2.13. The third-order valence-electron chi connectivity index (χ3n) is 1.44. The summed E-state index contributed by atoms with van der Waals surface area (Å²) >= 11 is 0. The zero-order chi connectivity index (χ0) is 10.6. The van der Waals surface area contributed by atoms with Crippen molar-refractivity contribution in [1.29, 1.82) is 0 Å². The number of rotatable bonds is 4. The van der Waals surface area contributed by atoms with Gasteiger partial charge in [0.1, 0.15) is 11.6 Å². The molecule has 1 aromatic rings. The summed E-state index contributed by atoms with van der Waals surface area (Å²) in [5.41, 5.74) is 0. The SMILES string of the molecule is CCOc1ccc(F)cc1OB(O)O. The number of hydrogen-bond donors (Lipinski definition) is 2. The predicted octanol–water partition coefficient (Wildman–Crippen LogP) is 0.573. The van der Waals surface area contributed by atoms with Crippen LogP contribution in [-0.4, -0.2) is 24.0 Å². The molecule has 76 valence electrons. The monoisotopic (exact) mass is 200 g/mol. The first kappa shape index (κ1) is 10.8. The van der Waals surface area contributed by atoms with E-state index in [0.717, 1.165) is 6.07 Å². The highest BCUT2D eigenvalue weighted by molar-refractivity contribution is 6.33. The molecule has 1 aromatic carbocycles. The van der Waals surface area contributed by atoms with Gasteiger partial charge in [-0.3, -0.25) is 0 Å². The first-order valence-corrected chi connectivity index (χ1v) is 4.08. The molecule has 0 amide bonds. The van der Waals surface area contributed by atoms with Crippen LogP contribution >= 0.6 is 0 Å². The van der Waals surface area contributed by atoms with Crippen molar-refractivity contribution in [2.75, 3.05) is 6.61 Å². The molecule has 0 unspecified atom stereocenters. The lowest BCUT2D eigenvalue weighted by Crippen LogP contribution is -2.21. The Bertz CT molecular complexity index is 305. The Hall–Kier alpha value is -1.27. The van der Waals surface area contributed by atoms with Crippen LogP contribution in [-0.2, 0) is 0 Å². The summed E-state index contributed by atoms with van der Waals surface area (Å²) in [5, 5.41) is 17.1. The van der Waals surface area contributed by atoms with Crippen molar-refractivity contribution in [3.8, 4) is 11.5 Å². The summed E-state index contributed by atoms with van der Waals surface area (Å²) in [6, 6.07) is 3.57. The molecule has 2 N–H and O–H groups in total. The molecule has 0 bridgehead atoms. The lowest BCUT2D eigenvalue weighted by atomic mass is 10.2. The molecule has 0 saturated carbocycles. The second-order valence-corrected chi connectivity index (χ2v) is 2.47. The van der Waals surface area contributed by atoms with Crippen LogP contribution in [0.2, 0.25) is 0 Å². The third-order valence-corrected chi connectivity index (χ3v) is 1.44. The maximum atomic E-state index is 12.7. The number of hydrogen-bond acceptors (Lipinski definition) is 4. The van der Waals surface area contributed by atoms with E-state index in [0.29, 0.717) is 6.61 Å². The molecule has 0 atom stereocenters. The molecule has 0 radical (unpaired) electrons. The fourth-order valence-electron chi connectivity index (χ4n) is 0.962. The van der Waals surface area contributed by atoms with Gasteiger partial charge in [-0.25, -0.2) is 4.39 Å². The van der Waals surface area contributed by atoms with Crippen LogP contribution in [0.1, 0.15) is 6.92 Å². The van der Waals surface area contributed by atoms with Crippen molar-refractivity contribution < 1.29 is 23.8 Å². The number of ether oxygens (including phenoxy) is 1. The fourth-order valence-corrected chi connectivity index (χ4v) is 0.962. The molecule has 4 nitrogen and oxygen atoms in total. The largest absolute Gasteiger partial charge is 0.707 e. The van der Waals surface area contributed by atoms with Crippen LogP contribution in [0.15, 0.2) is 18.2 Å². The average Bonchev–Trinajstić information content (AvgIpc) is 2.09. The van der Waals surface area contributed by atoms with E-state index in [1.807, 2.05) is 0 Å². The van der Waals surface area contributed by atoms with Crippen LogP contribution in [0, 0.1) is 5.82 Å². The zero-order valence-corrected chi connectivity index (χ0v) is 7.61. The molecule has 1 rings (SSSR count). The Kier molecular flexibility index (Phi) is 3.73. The van der Waals surface area contributed by atoms with Crippen molar-refractivity contribution in [2.45, 2.75) is 6.92 Å². The van der Waals surface area contributed by atoms with E-state index in [1.54, 1.807) is 6.92 Å². The van der Waals surface area contributed by atoms with Gasteiger partial charge in [0, 0.05) is 6.07 Å². The van der Waals surface area contributed by atoms with Gasteiger partial charge in [-0.15, -0.1) is 0 Å². The van der Waals surface area contributed by atoms with Crippen LogP contribution in [0.5, 0.6) is 11.5 Å². The number of halogens is 1.